The van der Waals surface area contributed by atoms with E-state index in [-0.39, 0.29) is 30.0 Å². The number of hydrogen-bond donors (Lipinski definition) is 1. The molecule has 142 valence electrons. The first-order valence-electron chi connectivity index (χ1n) is 9.05. The van der Waals surface area contributed by atoms with Gasteiger partial charge in [0.15, 0.2) is 0 Å². The predicted molar refractivity (Wildman–Crippen MR) is 97.6 cm³/mol. The first-order chi connectivity index (χ1) is 13.2. The second kappa shape index (κ2) is 9.72. The number of amides is 2. The summed E-state index contributed by atoms with van der Waals surface area (Å²) < 4.78 is 5.64. The molecule has 8 heteroatoms. The fourth-order valence-corrected chi connectivity index (χ4v) is 2.91. The van der Waals surface area contributed by atoms with E-state index in [1.807, 2.05) is 12.1 Å². The molecule has 1 atom stereocenters. The first-order valence-corrected chi connectivity index (χ1v) is 9.05. The van der Waals surface area contributed by atoms with E-state index >= 15 is 0 Å². The van der Waals surface area contributed by atoms with Crippen molar-refractivity contribution in [1.82, 2.24) is 25.2 Å². The lowest BCUT2D eigenvalue weighted by Crippen LogP contribution is -2.40. The summed E-state index contributed by atoms with van der Waals surface area (Å²) in [4.78, 5) is 38.6. The summed E-state index contributed by atoms with van der Waals surface area (Å²) in [7, 11) is 0. The van der Waals surface area contributed by atoms with Crippen molar-refractivity contribution in [3.63, 3.8) is 0 Å². The number of ether oxygens (including phenoxy) is 1. The van der Waals surface area contributed by atoms with Crippen LogP contribution < -0.4 is 5.32 Å². The Labute approximate surface area is 158 Å². The average Bonchev–Trinajstić information content (AvgIpc) is 3.23. The van der Waals surface area contributed by atoms with Gasteiger partial charge >= 0.3 is 0 Å². The minimum absolute atomic E-state index is 0.00377. The highest BCUT2D eigenvalue weighted by atomic mass is 16.5. The highest BCUT2D eigenvalue weighted by Gasteiger charge is 2.24. The summed E-state index contributed by atoms with van der Waals surface area (Å²) in [6, 6.07) is 3.72. The van der Waals surface area contributed by atoms with Crippen LogP contribution in [0.25, 0.3) is 0 Å². The third-order valence-corrected chi connectivity index (χ3v) is 4.34. The molecule has 1 saturated heterocycles. The van der Waals surface area contributed by atoms with Gasteiger partial charge in [-0.05, 0) is 24.5 Å². The van der Waals surface area contributed by atoms with Crippen LogP contribution in [0.3, 0.4) is 0 Å². The molecule has 1 aliphatic rings. The number of nitrogens with one attached hydrogen (secondary N) is 1. The largest absolute Gasteiger partial charge is 0.376 e. The number of carbonyl (C=O) groups is 2. The predicted octanol–water partition coefficient (Wildman–Crippen LogP) is 1.20. The lowest BCUT2D eigenvalue weighted by molar-refractivity contribution is -0.121. The molecule has 3 heterocycles. The maximum Gasteiger partial charge on any atom is 0.274 e. The van der Waals surface area contributed by atoms with Gasteiger partial charge in [-0.1, -0.05) is 6.07 Å². The van der Waals surface area contributed by atoms with Crippen molar-refractivity contribution in [2.24, 2.45) is 0 Å². The Morgan fingerprint density at radius 2 is 2.11 bits per heavy atom. The summed E-state index contributed by atoms with van der Waals surface area (Å²) >= 11 is 0. The zero-order valence-corrected chi connectivity index (χ0v) is 15.1. The van der Waals surface area contributed by atoms with Crippen molar-refractivity contribution in [3.8, 4) is 0 Å². The zero-order valence-electron chi connectivity index (χ0n) is 15.1. The summed E-state index contributed by atoms with van der Waals surface area (Å²) in [6.45, 7) is 1.87. The minimum atomic E-state index is -0.237. The van der Waals surface area contributed by atoms with Crippen LogP contribution in [0.4, 0.5) is 0 Å². The molecule has 0 spiro atoms. The normalized spacial score (nSPS) is 16.1. The van der Waals surface area contributed by atoms with Gasteiger partial charge in [-0.2, -0.15) is 0 Å². The van der Waals surface area contributed by atoms with Crippen molar-refractivity contribution in [2.45, 2.75) is 31.9 Å². The number of pyridine rings is 1. The van der Waals surface area contributed by atoms with Crippen LogP contribution in [0, 0.1) is 0 Å². The molecular formula is C19H23N5O3. The number of rotatable bonds is 8. The van der Waals surface area contributed by atoms with Crippen molar-refractivity contribution in [3.05, 3.63) is 54.4 Å². The Morgan fingerprint density at radius 3 is 2.81 bits per heavy atom. The number of carbonyl (C=O) groups excluding carboxylic acids is 2. The molecule has 8 nitrogen and oxygen atoms in total. The third kappa shape index (κ3) is 5.82. The second-order valence-electron chi connectivity index (χ2n) is 6.36. The van der Waals surface area contributed by atoms with Gasteiger partial charge in [0.25, 0.3) is 5.91 Å². The average molecular weight is 369 g/mol. The van der Waals surface area contributed by atoms with E-state index in [1.165, 1.54) is 18.6 Å². The van der Waals surface area contributed by atoms with E-state index in [1.54, 1.807) is 17.3 Å². The second-order valence-corrected chi connectivity index (χ2v) is 6.36. The molecule has 3 rings (SSSR count). The Kier molecular flexibility index (Phi) is 6.81. The molecule has 2 aromatic rings. The van der Waals surface area contributed by atoms with E-state index in [9.17, 15) is 9.59 Å². The maximum atomic E-state index is 12.8. The molecule has 0 aliphatic carbocycles. The van der Waals surface area contributed by atoms with Crippen LogP contribution in [0.2, 0.25) is 0 Å². The molecule has 27 heavy (non-hydrogen) atoms. The van der Waals surface area contributed by atoms with Crippen LogP contribution in [-0.2, 0) is 16.1 Å². The molecule has 2 amide bonds. The molecule has 0 radical (unpaired) electrons. The first kappa shape index (κ1) is 18.9. The van der Waals surface area contributed by atoms with Crippen molar-refractivity contribution >= 4 is 11.8 Å². The van der Waals surface area contributed by atoms with Gasteiger partial charge in [0.05, 0.1) is 12.3 Å². The Bertz CT molecular complexity index is 736. The molecule has 0 bridgehead atoms. The molecule has 0 saturated carbocycles. The van der Waals surface area contributed by atoms with Gasteiger partial charge in [-0.25, -0.2) is 4.98 Å². The molecule has 1 fully saturated rings. The lowest BCUT2D eigenvalue weighted by Gasteiger charge is -2.25. The smallest absolute Gasteiger partial charge is 0.274 e. The fraction of sp³-hybridized carbons (Fsp3) is 0.421. The van der Waals surface area contributed by atoms with Crippen LogP contribution >= 0.6 is 0 Å². The van der Waals surface area contributed by atoms with Crippen LogP contribution in [0.5, 0.6) is 0 Å². The summed E-state index contributed by atoms with van der Waals surface area (Å²) in [6.07, 6.45) is 9.95. The molecule has 1 unspecified atom stereocenters. The van der Waals surface area contributed by atoms with E-state index < -0.39 is 0 Å². The van der Waals surface area contributed by atoms with E-state index in [0.717, 1.165) is 18.4 Å². The van der Waals surface area contributed by atoms with Crippen LogP contribution in [0.15, 0.2) is 43.1 Å². The zero-order chi connectivity index (χ0) is 18.9. The highest BCUT2D eigenvalue weighted by molar-refractivity contribution is 5.92. The van der Waals surface area contributed by atoms with Gasteiger partial charge in [0, 0.05) is 57.4 Å². The van der Waals surface area contributed by atoms with Gasteiger partial charge < -0.3 is 15.0 Å². The summed E-state index contributed by atoms with van der Waals surface area (Å²) in [5.74, 6) is -0.359. The highest BCUT2D eigenvalue weighted by Crippen LogP contribution is 2.15. The monoisotopic (exact) mass is 369 g/mol. The number of hydrogen-bond acceptors (Lipinski definition) is 6. The van der Waals surface area contributed by atoms with Gasteiger partial charge in [0.2, 0.25) is 5.91 Å². The quantitative estimate of drug-likeness (QED) is 0.751. The van der Waals surface area contributed by atoms with Crippen molar-refractivity contribution in [2.75, 3.05) is 19.7 Å². The summed E-state index contributed by atoms with van der Waals surface area (Å²) in [5, 5.41) is 2.85. The minimum Gasteiger partial charge on any atom is -0.376 e. The van der Waals surface area contributed by atoms with Gasteiger partial charge in [-0.15, -0.1) is 0 Å². The summed E-state index contributed by atoms with van der Waals surface area (Å²) in [5.41, 5.74) is 1.20. The molecule has 1 aliphatic heterocycles. The van der Waals surface area contributed by atoms with Gasteiger partial charge in [0.1, 0.15) is 5.69 Å². The van der Waals surface area contributed by atoms with Gasteiger partial charge in [-0.3, -0.25) is 19.6 Å². The molecule has 1 N–H and O–H groups in total. The Morgan fingerprint density at radius 1 is 1.22 bits per heavy atom. The van der Waals surface area contributed by atoms with E-state index in [4.69, 9.17) is 4.74 Å². The maximum absolute atomic E-state index is 12.8. The Balaban J connectivity index is 1.55. The molecule has 2 aromatic heterocycles. The fourth-order valence-electron chi connectivity index (χ4n) is 2.91. The van der Waals surface area contributed by atoms with Crippen LogP contribution in [-0.4, -0.2) is 57.5 Å². The number of nitrogens with zero attached hydrogens (tertiary/aromatic N) is 4. The van der Waals surface area contributed by atoms with Crippen LogP contribution in [0.1, 0.15) is 35.3 Å². The SMILES string of the molecule is O=C(CCN(CC1CCCO1)C(=O)c1cnccn1)NCc1cccnc1. The van der Waals surface area contributed by atoms with Crippen molar-refractivity contribution < 1.29 is 14.3 Å². The molecule has 0 aromatic carbocycles. The lowest BCUT2D eigenvalue weighted by atomic mass is 10.2. The van der Waals surface area contributed by atoms with E-state index in [2.05, 4.69) is 20.3 Å². The topological polar surface area (TPSA) is 97.3 Å². The standard InChI is InChI=1S/C19H23N5O3/c25-18(23-12-15-3-1-6-20-11-15)5-9-24(14-16-4-2-10-27-16)19(26)17-13-21-7-8-22-17/h1,3,6-8,11,13,16H,2,4-5,9-10,12,14H2,(H,23,25). The Hall–Kier alpha value is -2.87. The third-order valence-electron chi connectivity index (χ3n) is 4.34. The van der Waals surface area contributed by atoms with Crippen molar-refractivity contribution in [1.29, 1.82) is 0 Å². The van der Waals surface area contributed by atoms with E-state index in [0.29, 0.717) is 26.2 Å². The number of aromatic nitrogens is 3. The molecular weight excluding hydrogens is 346 g/mol.